The number of pyridine rings is 1. The van der Waals surface area contributed by atoms with E-state index in [0.29, 0.717) is 49.4 Å². The van der Waals surface area contributed by atoms with Crippen molar-refractivity contribution in [3.05, 3.63) is 89.2 Å². The summed E-state index contributed by atoms with van der Waals surface area (Å²) in [6, 6.07) is 14.9. The number of benzene rings is 2. The summed E-state index contributed by atoms with van der Waals surface area (Å²) in [5.74, 6) is -1.74. The van der Waals surface area contributed by atoms with E-state index in [1.165, 1.54) is 12.4 Å². The minimum absolute atomic E-state index is 0.0992. The third kappa shape index (κ3) is 8.64. The Balaban J connectivity index is 1.58. The molecule has 0 bridgehead atoms. The van der Waals surface area contributed by atoms with E-state index >= 15 is 0 Å². The van der Waals surface area contributed by atoms with Crippen LogP contribution in [-0.2, 0) is 9.59 Å². The molecule has 0 radical (unpaired) electrons. The topological polar surface area (TPSA) is 132 Å². The molecule has 2 heterocycles. The Kier molecular flexibility index (Phi) is 9.80. The second-order valence-electron chi connectivity index (χ2n) is 12.1. The number of carbonyl (C=O) groups excluding carboxylic acids is 3. The average molecular weight is 586 g/mol. The zero-order valence-corrected chi connectivity index (χ0v) is 25.1. The van der Waals surface area contributed by atoms with Gasteiger partial charge in [0.1, 0.15) is 0 Å². The molecule has 3 N–H and O–H groups in total. The van der Waals surface area contributed by atoms with Gasteiger partial charge in [-0.1, -0.05) is 50.6 Å². The minimum atomic E-state index is -1.04. The van der Waals surface area contributed by atoms with E-state index in [1.54, 1.807) is 42.5 Å². The van der Waals surface area contributed by atoms with Gasteiger partial charge in [-0.05, 0) is 48.2 Å². The number of hydrogen-bond acceptors (Lipinski definition) is 6. The van der Waals surface area contributed by atoms with Gasteiger partial charge < -0.3 is 25.5 Å². The molecule has 1 atom stereocenters. The van der Waals surface area contributed by atoms with Gasteiger partial charge in [0, 0.05) is 56.1 Å². The summed E-state index contributed by atoms with van der Waals surface area (Å²) in [6.07, 6.45) is 3.24. The summed E-state index contributed by atoms with van der Waals surface area (Å²) in [5, 5.41) is 15.3. The number of hydrogen-bond donors (Lipinski definition) is 3. The predicted molar refractivity (Wildman–Crippen MR) is 165 cm³/mol. The number of carboxylic acid groups (broad SMARTS) is 1. The van der Waals surface area contributed by atoms with Crippen LogP contribution in [-0.4, -0.2) is 64.9 Å². The summed E-state index contributed by atoms with van der Waals surface area (Å²) >= 11 is 0. The first-order valence-electron chi connectivity index (χ1n) is 14.4. The maximum Gasteiger partial charge on any atom is 0.305 e. The fourth-order valence-corrected chi connectivity index (χ4v) is 4.98. The molecular formula is C33H39N5O5. The van der Waals surface area contributed by atoms with Crippen LogP contribution in [0.25, 0.3) is 0 Å². The van der Waals surface area contributed by atoms with Crippen molar-refractivity contribution in [1.29, 1.82) is 0 Å². The van der Waals surface area contributed by atoms with Crippen molar-refractivity contribution in [3.8, 4) is 0 Å². The standard InChI is InChI=1S/C33H39N5O5/c1-22-5-7-23(8-6-22)26(20-30(40)41)35-32(43)25-9-10-28(27(19-25)36-31(42)24-11-13-34-14-12-24)37-15-17-38(18-16-37)29(39)21-33(2,3)4/h5-14,19,26H,15-18,20-21H2,1-4H3,(H,35,43)(H,36,42)(H,40,41). The van der Waals surface area contributed by atoms with Crippen molar-refractivity contribution in [1.82, 2.24) is 15.2 Å². The summed E-state index contributed by atoms with van der Waals surface area (Å²) in [7, 11) is 0. The lowest BCUT2D eigenvalue weighted by Crippen LogP contribution is -2.49. The molecule has 0 saturated carbocycles. The van der Waals surface area contributed by atoms with Crippen LogP contribution in [0.1, 0.15) is 71.5 Å². The van der Waals surface area contributed by atoms with Gasteiger partial charge in [-0.3, -0.25) is 24.2 Å². The van der Waals surface area contributed by atoms with Crippen LogP contribution in [0.4, 0.5) is 11.4 Å². The number of nitrogens with one attached hydrogen (secondary N) is 2. The molecule has 4 rings (SSSR count). The minimum Gasteiger partial charge on any atom is -0.481 e. The number of anilines is 2. The number of carbonyl (C=O) groups is 4. The Hall–Kier alpha value is -4.73. The second-order valence-corrected chi connectivity index (χ2v) is 12.1. The van der Waals surface area contributed by atoms with Crippen LogP contribution in [0.15, 0.2) is 67.0 Å². The lowest BCUT2D eigenvalue weighted by atomic mass is 9.91. The third-order valence-electron chi connectivity index (χ3n) is 7.27. The molecule has 2 aromatic carbocycles. The van der Waals surface area contributed by atoms with Crippen LogP contribution in [0.5, 0.6) is 0 Å². The van der Waals surface area contributed by atoms with E-state index < -0.39 is 17.9 Å². The SMILES string of the molecule is Cc1ccc(C(CC(=O)O)NC(=O)c2ccc(N3CCN(C(=O)CC(C)(C)C)CC3)c(NC(=O)c3ccncc3)c2)cc1. The number of piperazine rings is 1. The number of aliphatic carboxylic acids is 1. The first-order valence-corrected chi connectivity index (χ1v) is 14.4. The Morgan fingerprint density at radius 2 is 1.53 bits per heavy atom. The quantitative estimate of drug-likeness (QED) is 0.332. The molecule has 43 heavy (non-hydrogen) atoms. The molecule has 226 valence electrons. The number of carboxylic acids is 1. The highest BCUT2D eigenvalue weighted by Gasteiger charge is 2.27. The highest BCUT2D eigenvalue weighted by atomic mass is 16.4. The zero-order valence-electron chi connectivity index (χ0n) is 25.1. The number of aromatic nitrogens is 1. The molecule has 10 nitrogen and oxygen atoms in total. The van der Waals surface area contributed by atoms with E-state index in [-0.39, 0.29) is 29.2 Å². The number of amides is 3. The smallest absolute Gasteiger partial charge is 0.305 e. The van der Waals surface area contributed by atoms with Gasteiger partial charge in [0.15, 0.2) is 0 Å². The number of rotatable bonds is 9. The summed E-state index contributed by atoms with van der Waals surface area (Å²) < 4.78 is 0. The van der Waals surface area contributed by atoms with E-state index in [0.717, 1.165) is 11.3 Å². The van der Waals surface area contributed by atoms with Crippen LogP contribution in [0.2, 0.25) is 0 Å². The van der Waals surface area contributed by atoms with Gasteiger partial charge >= 0.3 is 5.97 Å². The highest BCUT2D eigenvalue weighted by Crippen LogP contribution is 2.30. The maximum absolute atomic E-state index is 13.4. The molecule has 0 spiro atoms. The second kappa shape index (κ2) is 13.5. The molecule has 1 aliphatic heterocycles. The highest BCUT2D eigenvalue weighted by molar-refractivity contribution is 6.07. The van der Waals surface area contributed by atoms with Crippen LogP contribution in [0.3, 0.4) is 0 Å². The normalized spacial score (nSPS) is 14.1. The van der Waals surface area contributed by atoms with Crippen molar-refractivity contribution in [2.45, 2.75) is 46.6 Å². The molecule has 1 aliphatic rings. The van der Waals surface area contributed by atoms with Gasteiger partial charge in [-0.15, -0.1) is 0 Å². The lowest BCUT2D eigenvalue weighted by Gasteiger charge is -2.38. The van der Waals surface area contributed by atoms with Crippen LogP contribution >= 0.6 is 0 Å². The summed E-state index contributed by atoms with van der Waals surface area (Å²) in [6.45, 7) is 10.3. The van der Waals surface area contributed by atoms with Crippen molar-refractivity contribution in [2.75, 3.05) is 36.4 Å². The predicted octanol–water partition coefficient (Wildman–Crippen LogP) is 4.67. The monoisotopic (exact) mass is 585 g/mol. The van der Waals surface area contributed by atoms with Gasteiger partial charge in [0.25, 0.3) is 11.8 Å². The number of aryl methyl sites for hydroxylation is 1. The Bertz CT molecular complexity index is 1460. The molecule has 1 fully saturated rings. The molecule has 10 heteroatoms. The summed E-state index contributed by atoms with van der Waals surface area (Å²) in [5.41, 5.74) is 3.45. The molecule has 1 unspecified atom stereocenters. The van der Waals surface area contributed by atoms with Gasteiger partial charge in [-0.2, -0.15) is 0 Å². The van der Waals surface area contributed by atoms with Gasteiger partial charge in [-0.25, -0.2) is 0 Å². The van der Waals surface area contributed by atoms with Crippen LogP contribution in [0, 0.1) is 12.3 Å². The fraction of sp³-hybridized carbons (Fsp3) is 0.364. The van der Waals surface area contributed by atoms with E-state index in [2.05, 4.69) is 20.5 Å². The first kappa shape index (κ1) is 31.2. The van der Waals surface area contributed by atoms with Gasteiger partial charge in [0.05, 0.1) is 23.8 Å². The average Bonchev–Trinajstić information content (AvgIpc) is 2.96. The van der Waals surface area contributed by atoms with E-state index in [4.69, 9.17) is 0 Å². The van der Waals surface area contributed by atoms with E-state index in [1.807, 2.05) is 44.7 Å². The lowest BCUT2D eigenvalue weighted by molar-refractivity contribution is -0.137. The zero-order chi connectivity index (χ0) is 31.1. The van der Waals surface area contributed by atoms with Crippen molar-refractivity contribution in [2.24, 2.45) is 5.41 Å². The van der Waals surface area contributed by atoms with Gasteiger partial charge in [0.2, 0.25) is 5.91 Å². The first-order chi connectivity index (χ1) is 20.4. The summed E-state index contributed by atoms with van der Waals surface area (Å²) in [4.78, 5) is 58.9. The molecule has 0 aliphatic carbocycles. The largest absolute Gasteiger partial charge is 0.481 e. The molecular weight excluding hydrogens is 546 g/mol. The third-order valence-corrected chi connectivity index (χ3v) is 7.27. The molecule has 3 amide bonds. The van der Waals surface area contributed by atoms with Crippen molar-refractivity contribution < 1.29 is 24.3 Å². The van der Waals surface area contributed by atoms with Crippen molar-refractivity contribution >= 4 is 35.1 Å². The molecule has 1 saturated heterocycles. The van der Waals surface area contributed by atoms with Crippen molar-refractivity contribution in [3.63, 3.8) is 0 Å². The van der Waals surface area contributed by atoms with Crippen LogP contribution < -0.4 is 15.5 Å². The molecule has 1 aromatic heterocycles. The number of nitrogens with zero attached hydrogens (tertiary/aromatic N) is 3. The molecule has 3 aromatic rings. The Morgan fingerprint density at radius 3 is 2.14 bits per heavy atom. The fourth-order valence-electron chi connectivity index (χ4n) is 4.98. The Labute approximate surface area is 252 Å². The van der Waals surface area contributed by atoms with E-state index in [9.17, 15) is 24.3 Å². The maximum atomic E-state index is 13.4. The Morgan fingerprint density at radius 1 is 0.884 bits per heavy atom.